The van der Waals surface area contributed by atoms with Gasteiger partial charge in [0.2, 0.25) is 0 Å². The van der Waals surface area contributed by atoms with Gasteiger partial charge in [-0.05, 0) is 61.7 Å². The molecule has 4 rings (SSSR count). The Bertz CT molecular complexity index is 1100. The van der Waals surface area contributed by atoms with Crippen LogP contribution >= 0.6 is 0 Å². The lowest BCUT2D eigenvalue weighted by Gasteiger charge is -2.41. The standard InChI is InChI=1S/C23H22F3N3O3/c1-31-12-10-23(22-27-20(32-28-22)15-3-6-17(24)7-4-15)9-2-11-29(14-23)21(30)16-5-8-18(25)19(26)13-16/h3-8,13H,2,9-12,14H2,1H3. The number of carbonyl (C=O) groups is 1. The van der Waals surface area contributed by atoms with Gasteiger partial charge in [-0.15, -0.1) is 0 Å². The molecule has 1 atom stereocenters. The van der Waals surface area contributed by atoms with Crippen molar-refractivity contribution >= 4 is 5.91 Å². The van der Waals surface area contributed by atoms with Crippen molar-refractivity contribution < 1.29 is 27.2 Å². The summed E-state index contributed by atoms with van der Waals surface area (Å²) >= 11 is 0. The third kappa shape index (κ3) is 4.38. The van der Waals surface area contributed by atoms with Gasteiger partial charge in [0.15, 0.2) is 17.5 Å². The van der Waals surface area contributed by atoms with E-state index in [2.05, 4.69) is 10.1 Å². The number of piperidine rings is 1. The number of aromatic nitrogens is 2. The lowest BCUT2D eigenvalue weighted by Crippen LogP contribution is -2.49. The second kappa shape index (κ2) is 9.12. The Balaban J connectivity index is 1.63. The second-order valence-corrected chi connectivity index (χ2v) is 7.91. The first-order valence-electron chi connectivity index (χ1n) is 10.3. The van der Waals surface area contributed by atoms with Gasteiger partial charge in [-0.2, -0.15) is 4.98 Å². The Morgan fingerprint density at radius 3 is 2.66 bits per heavy atom. The van der Waals surface area contributed by atoms with Crippen LogP contribution in [0, 0.1) is 17.5 Å². The highest BCUT2D eigenvalue weighted by molar-refractivity contribution is 5.94. The molecule has 1 amide bonds. The Kier molecular flexibility index (Phi) is 6.27. The fourth-order valence-electron chi connectivity index (χ4n) is 4.06. The maximum Gasteiger partial charge on any atom is 0.257 e. The van der Waals surface area contributed by atoms with Crippen LogP contribution in [-0.2, 0) is 10.2 Å². The van der Waals surface area contributed by atoms with Crippen molar-refractivity contribution in [3.63, 3.8) is 0 Å². The monoisotopic (exact) mass is 445 g/mol. The van der Waals surface area contributed by atoms with Gasteiger partial charge < -0.3 is 14.2 Å². The molecule has 2 heterocycles. The molecule has 168 valence electrons. The molecular formula is C23H22F3N3O3. The molecular weight excluding hydrogens is 423 g/mol. The minimum atomic E-state index is -1.07. The van der Waals surface area contributed by atoms with E-state index in [-0.39, 0.29) is 23.8 Å². The van der Waals surface area contributed by atoms with Crippen molar-refractivity contribution in [1.82, 2.24) is 15.0 Å². The summed E-state index contributed by atoms with van der Waals surface area (Å²) in [6.07, 6.45) is 1.90. The van der Waals surface area contributed by atoms with E-state index < -0.39 is 23.0 Å². The van der Waals surface area contributed by atoms with Gasteiger partial charge in [0.25, 0.3) is 11.8 Å². The summed E-state index contributed by atoms with van der Waals surface area (Å²) in [5.74, 6) is -2.16. The molecule has 32 heavy (non-hydrogen) atoms. The van der Waals surface area contributed by atoms with Crippen molar-refractivity contribution in [3.8, 4) is 11.5 Å². The third-order valence-electron chi connectivity index (χ3n) is 5.81. The summed E-state index contributed by atoms with van der Waals surface area (Å²) in [7, 11) is 1.58. The number of halogens is 3. The molecule has 0 saturated carbocycles. The first kappa shape index (κ1) is 22.0. The van der Waals surface area contributed by atoms with Gasteiger partial charge in [0.1, 0.15) is 5.82 Å². The van der Waals surface area contributed by atoms with E-state index in [4.69, 9.17) is 9.26 Å². The molecule has 0 aliphatic carbocycles. The largest absolute Gasteiger partial charge is 0.385 e. The van der Waals surface area contributed by atoms with Gasteiger partial charge in [-0.3, -0.25) is 4.79 Å². The number of hydrogen-bond donors (Lipinski definition) is 0. The van der Waals surface area contributed by atoms with Crippen molar-refractivity contribution in [3.05, 3.63) is 71.3 Å². The maximum atomic E-state index is 13.7. The van der Waals surface area contributed by atoms with Gasteiger partial charge in [0.05, 0.1) is 5.41 Å². The summed E-state index contributed by atoms with van der Waals surface area (Å²) in [5.41, 5.74) is 0.0220. The summed E-state index contributed by atoms with van der Waals surface area (Å²) in [5, 5.41) is 4.17. The molecule has 0 radical (unpaired) electrons. The molecule has 1 aromatic heterocycles. The van der Waals surface area contributed by atoms with Crippen LogP contribution in [0.4, 0.5) is 13.2 Å². The highest BCUT2D eigenvalue weighted by Crippen LogP contribution is 2.37. The topological polar surface area (TPSA) is 68.5 Å². The van der Waals surface area contributed by atoms with Crippen LogP contribution in [0.5, 0.6) is 0 Å². The third-order valence-corrected chi connectivity index (χ3v) is 5.81. The average Bonchev–Trinajstić information content (AvgIpc) is 3.31. The van der Waals surface area contributed by atoms with E-state index in [0.717, 1.165) is 12.1 Å². The van der Waals surface area contributed by atoms with Gasteiger partial charge in [-0.1, -0.05) is 5.16 Å². The van der Waals surface area contributed by atoms with E-state index in [0.29, 0.717) is 43.8 Å². The molecule has 1 aliphatic rings. The zero-order valence-corrected chi connectivity index (χ0v) is 17.5. The van der Waals surface area contributed by atoms with Crippen molar-refractivity contribution in [2.45, 2.75) is 24.7 Å². The zero-order valence-electron chi connectivity index (χ0n) is 17.5. The second-order valence-electron chi connectivity index (χ2n) is 7.91. The van der Waals surface area contributed by atoms with E-state index in [1.807, 2.05) is 0 Å². The number of amides is 1. The molecule has 0 spiro atoms. The predicted molar refractivity (Wildman–Crippen MR) is 109 cm³/mol. The maximum absolute atomic E-state index is 13.7. The minimum absolute atomic E-state index is 0.0755. The fourth-order valence-corrected chi connectivity index (χ4v) is 4.06. The molecule has 0 N–H and O–H groups in total. The highest BCUT2D eigenvalue weighted by Gasteiger charge is 2.42. The molecule has 1 saturated heterocycles. The average molecular weight is 445 g/mol. The van der Waals surface area contributed by atoms with Gasteiger partial charge in [-0.25, -0.2) is 13.2 Å². The molecule has 0 bridgehead atoms. The fraction of sp³-hybridized carbons (Fsp3) is 0.348. The lowest BCUT2D eigenvalue weighted by atomic mass is 9.76. The number of benzene rings is 2. The zero-order chi connectivity index (χ0) is 22.7. The number of ether oxygens (including phenoxy) is 1. The summed E-state index contributed by atoms with van der Waals surface area (Å²) in [6, 6.07) is 8.84. The number of rotatable bonds is 6. The SMILES string of the molecule is COCCC1(c2noc(-c3ccc(F)cc3)n2)CCCN(C(=O)c2ccc(F)c(F)c2)C1. The quantitative estimate of drug-likeness (QED) is 0.564. The van der Waals surface area contributed by atoms with Crippen molar-refractivity contribution in [2.75, 3.05) is 26.8 Å². The normalized spacial score (nSPS) is 18.7. The molecule has 1 fully saturated rings. The van der Waals surface area contributed by atoms with Gasteiger partial charge >= 0.3 is 0 Å². The van der Waals surface area contributed by atoms with Crippen molar-refractivity contribution in [1.29, 1.82) is 0 Å². The van der Waals surface area contributed by atoms with Crippen LogP contribution in [0.1, 0.15) is 35.4 Å². The number of carbonyl (C=O) groups excluding carboxylic acids is 1. The predicted octanol–water partition coefficient (Wildman–Crippen LogP) is 4.36. The van der Waals surface area contributed by atoms with E-state index in [9.17, 15) is 18.0 Å². The van der Waals surface area contributed by atoms with Crippen LogP contribution in [0.25, 0.3) is 11.5 Å². The first-order chi connectivity index (χ1) is 15.4. The smallest absolute Gasteiger partial charge is 0.257 e. The van der Waals surface area contributed by atoms with Crippen LogP contribution in [0.15, 0.2) is 47.0 Å². The van der Waals surface area contributed by atoms with Crippen molar-refractivity contribution in [2.24, 2.45) is 0 Å². The number of likely N-dealkylation sites (tertiary alicyclic amines) is 1. The molecule has 6 nitrogen and oxygen atoms in total. The number of hydrogen-bond acceptors (Lipinski definition) is 5. The van der Waals surface area contributed by atoms with E-state index in [1.54, 1.807) is 24.1 Å². The summed E-state index contributed by atoms with van der Waals surface area (Å²) in [6.45, 7) is 1.15. The Labute approximate surface area is 183 Å². The molecule has 2 aromatic carbocycles. The van der Waals surface area contributed by atoms with Crippen LogP contribution in [-0.4, -0.2) is 47.8 Å². The Morgan fingerprint density at radius 2 is 1.94 bits per heavy atom. The number of nitrogens with zero attached hydrogens (tertiary/aromatic N) is 3. The Hall–Kier alpha value is -3.20. The lowest BCUT2D eigenvalue weighted by molar-refractivity contribution is 0.0566. The molecule has 3 aromatic rings. The molecule has 1 unspecified atom stereocenters. The molecule has 9 heteroatoms. The van der Waals surface area contributed by atoms with Crippen LogP contribution in [0.3, 0.4) is 0 Å². The number of methoxy groups -OCH3 is 1. The van der Waals surface area contributed by atoms with Gasteiger partial charge in [0, 0.05) is 37.9 Å². The summed E-state index contributed by atoms with van der Waals surface area (Å²) in [4.78, 5) is 19.2. The van der Waals surface area contributed by atoms with E-state index in [1.165, 1.54) is 18.2 Å². The van der Waals surface area contributed by atoms with Crippen LogP contribution < -0.4 is 0 Å². The first-order valence-corrected chi connectivity index (χ1v) is 10.3. The highest BCUT2D eigenvalue weighted by atomic mass is 19.2. The Morgan fingerprint density at radius 1 is 1.16 bits per heavy atom. The van der Waals surface area contributed by atoms with E-state index >= 15 is 0 Å². The summed E-state index contributed by atoms with van der Waals surface area (Å²) < 4.78 is 50.9. The van der Waals surface area contributed by atoms with Crippen LogP contribution in [0.2, 0.25) is 0 Å². The minimum Gasteiger partial charge on any atom is -0.385 e. The molecule has 1 aliphatic heterocycles.